The fraction of sp³-hybridized carbons (Fsp3) is 0.455. The molecule has 1 atom stereocenters. The van der Waals surface area contributed by atoms with Gasteiger partial charge in [0.1, 0.15) is 0 Å². The van der Waals surface area contributed by atoms with Gasteiger partial charge < -0.3 is 14.6 Å². The number of nitrogens with zero attached hydrogens (tertiary/aromatic N) is 1. The van der Waals surface area contributed by atoms with Gasteiger partial charge in [-0.25, -0.2) is 9.78 Å². The number of carboxylic acid groups (broad SMARTS) is 1. The van der Waals surface area contributed by atoms with E-state index in [2.05, 4.69) is 4.98 Å². The van der Waals surface area contributed by atoms with Crippen molar-refractivity contribution in [1.29, 1.82) is 0 Å². The predicted molar refractivity (Wildman–Crippen MR) is 55.6 cm³/mol. The molecule has 2 heterocycles. The van der Waals surface area contributed by atoms with Crippen molar-refractivity contribution in [3.8, 4) is 5.88 Å². The average molecular weight is 223 g/mol. The Kier molecular flexibility index (Phi) is 3.36. The van der Waals surface area contributed by atoms with E-state index in [0.29, 0.717) is 25.0 Å². The molecule has 0 radical (unpaired) electrons. The van der Waals surface area contributed by atoms with E-state index in [-0.39, 0.29) is 5.56 Å². The first-order valence-corrected chi connectivity index (χ1v) is 5.15. The van der Waals surface area contributed by atoms with Crippen LogP contribution in [0.1, 0.15) is 16.8 Å². The van der Waals surface area contributed by atoms with Crippen molar-refractivity contribution in [2.45, 2.75) is 6.42 Å². The zero-order chi connectivity index (χ0) is 11.4. The summed E-state index contributed by atoms with van der Waals surface area (Å²) in [6, 6.07) is 2.87. The molecular formula is C11H13NO4. The first-order valence-electron chi connectivity index (χ1n) is 5.15. The van der Waals surface area contributed by atoms with Gasteiger partial charge in [0.05, 0.1) is 18.8 Å². The number of hydrogen-bond donors (Lipinski definition) is 1. The number of carboxylic acids is 1. The highest BCUT2D eigenvalue weighted by Crippen LogP contribution is 2.15. The van der Waals surface area contributed by atoms with Crippen LogP contribution in [0.25, 0.3) is 0 Å². The zero-order valence-electron chi connectivity index (χ0n) is 8.76. The number of aromatic carboxylic acids is 1. The van der Waals surface area contributed by atoms with Gasteiger partial charge in [0.2, 0.25) is 5.88 Å². The lowest BCUT2D eigenvalue weighted by atomic mass is 10.1. The number of carbonyl (C=O) groups is 1. The fourth-order valence-corrected chi connectivity index (χ4v) is 1.54. The molecule has 2 rings (SSSR count). The van der Waals surface area contributed by atoms with Gasteiger partial charge in [-0.1, -0.05) is 0 Å². The van der Waals surface area contributed by atoms with Gasteiger partial charge in [-0.3, -0.25) is 0 Å². The molecule has 0 amide bonds. The van der Waals surface area contributed by atoms with Gasteiger partial charge in [-0.15, -0.1) is 0 Å². The summed E-state index contributed by atoms with van der Waals surface area (Å²) in [5, 5.41) is 8.79. The van der Waals surface area contributed by atoms with Crippen LogP contribution in [0.15, 0.2) is 18.3 Å². The highest BCUT2D eigenvalue weighted by molar-refractivity contribution is 5.87. The van der Waals surface area contributed by atoms with Crippen molar-refractivity contribution in [2.75, 3.05) is 19.8 Å². The molecule has 0 bridgehead atoms. The monoisotopic (exact) mass is 223 g/mol. The fourth-order valence-electron chi connectivity index (χ4n) is 1.54. The van der Waals surface area contributed by atoms with Gasteiger partial charge in [0.15, 0.2) is 0 Å². The molecule has 0 aliphatic carbocycles. The number of pyridine rings is 1. The first-order chi connectivity index (χ1) is 7.75. The summed E-state index contributed by atoms with van der Waals surface area (Å²) in [7, 11) is 0. The highest BCUT2D eigenvalue weighted by Gasteiger charge is 2.16. The Morgan fingerprint density at radius 2 is 2.56 bits per heavy atom. The van der Waals surface area contributed by atoms with Gasteiger partial charge >= 0.3 is 5.97 Å². The van der Waals surface area contributed by atoms with E-state index < -0.39 is 5.97 Å². The average Bonchev–Trinajstić information content (AvgIpc) is 2.79. The Morgan fingerprint density at radius 1 is 1.69 bits per heavy atom. The van der Waals surface area contributed by atoms with Crippen LogP contribution in [-0.2, 0) is 4.74 Å². The van der Waals surface area contributed by atoms with Gasteiger partial charge in [-0.2, -0.15) is 0 Å². The Labute approximate surface area is 93.0 Å². The van der Waals surface area contributed by atoms with E-state index in [4.69, 9.17) is 14.6 Å². The van der Waals surface area contributed by atoms with Crippen LogP contribution in [0.2, 0.25) is 0 Å². The Morgan fingerprint density at radius 3 is 3.25 bits per heavy atom. The SMILES string of the molecule is O=C(O)c1ccnc(OCC2CCOC2)c1. The molecule has 1 aliphatic heterocycles. The molecule has 0 aromatic carbocycles. The summed E-state index contributed by atoms with van der Waals surface area (Å²) < 4.78 is 10.6. The molecule has 1 N–H and O–H groups in total. The molecule has 1 aromatic rings. The van der Waals surface area contributed by atoms with Gasteiger partial charge in [0, 0.05) is 24.8 Å². The van der Waals surface area contributed by atoms with Crippen LogP contribution in [0.3, 0.4) is 0 Å². The number of hydrogen-bond acceptors (Lipinski definition) is 4. The summed E-state index contributed by atoms with van der Waals surface area (Å²) in [5.74, 6) is -0.237. The summed E-state index contributed by atoms with van der Waals surface area (Å²) in [5.41, 5.74) is 0.188. The van der Waals surface area contributed by atoms with Crippen LogP contribution < -0.4 is 4.74 Å². The van der Waals surface area contributed by atoms with Crippen molar-refractivity contribution in [3.05, 3.63) is 23.9 Å². The second-order valence-electron chi connectivity index (χ2n) is 3.73. The van der Waals surface area contributed by atoms with Crippen LogP contribution in [0.5, 0.6) is 5.88 Å². The van der Waals surface area contributed by atoms with Crippen LogP contribution in [0, 0.1) is 5.92 Å². The highest BCUT2D eigenvalue weighted by atomic mass is 16.5. The molecule has 1 unspecified atom stereocenters. The van der Waals surface area contributed by atoms with Crippen molar-refractivity contribution in [3.63, 3.8) is 0 Å². The minimum Gasteiger partial charge on any atom is -0.478 e. The molecule has 0 saturated carbocycles. The van der Waals surface area contributed by atoms with E-state index >= 15 is 0 Å². The maximum absolute atomic E-state index is 10.7. The molecule has 1 aromatic heterocycles. The van der Waals surface area contributed by atoms with Crippen molar-refractivity contribution < 1.29 is 19.4 Å². The van der Waals surface area contributed by atoms with Crippen molar-refractivity contribution >= 4 is 5.97 Å². The first kappa shape index (κ1) is 10.9. The molecule has 5 heteroatoms. The molecule has 5 nitrogen and oxygen atoms in total. The maximum Gasteiger partial charge on any atom is 0.335 e. The molecular weight excluding hydrogens is 210 g/mol. The van der Waals surface area contributed by atoms with Crippen LogP contribution >= 0.6 is 0 Å². The molecule has 1 aliphatic rings. The lowest BCUT2D eigenvalue weighted by molar-refractivity contribution is 0.0696. The van der Waals surface area contributed by atoms with E-state index in [1.807, 2.05) is 0 Å². The molecule has 16 heavy (non-hydrogen) atoms. The summed E-state index contributed by atoms with van der Waals surface area (Å²) in [6.45, 7) is 2.01. The van der Waals surface area contributed by atoms with E-state index in [9.17, 15) is 4.79 Å². The lowest BCUT2D eigenvalue weighted by Gasteiger charge is -2.09. The number of rotatable bonds is 4. The minimum atomic E-state index is -0.976. The number of aromatic nitrogens is 1. The molecule has 0 spiro atoms. The zero-order valence-corrected chi connectivity index (χ0v) is 8.76. The van der Waals surface area contributed by atoms with Crippen molar-refractivity contribution in [1.82, 2.24) is 4.98 Å². The largest absolute Gasteiger partial charge is 0.478 e. The number of ether oxygens (including phenoxy) is 2. The summed E-state index contributed by atoms with van der Waals surface area (Å²) in [6.07, 6.45) is 2.42. The smallest absolute Gasteiger partial charge is 0.335 e. The lowest BCUT2D eigenvalue weighted by Crippen LogP contribution is -2.12. The third-order valence-electron chi connectivity index (χ3n) is 2.47. The van der Waals surface area contributed by atoms with E-state index in [0.717, 1.165) is 13.0 Å². The molecule has 1 fully saturated rings. The second-order valence-corrected chi connectivity index (χ2v) is 3.73. The summed E-state index contributed by atoms with van der Waals surface area (Å²) >= 11 is 0. The van der Waals surface area contributed by atoms with Crippen LogP contribution in [-0.4, -0.2) is 35.9 Å². The van der Waals surface area contributed by atoms with E-state index in [1.165, 1.54) is 18.3 Å². The summed E-state index contributed by atoms with van der Waals surface area (Å²) in [4.78, 5) is 14.7. The predicted octanol–water partition coefficient (Wildman–Crippen LogP) is 1.20. The maximum atomic E-state index is 10.7. The third kappa shape index (κ3) is 2.70. The molecule has 86 valence electrons. The second kappa shape index (κ2) is 4.94. The Hall–Kier alpha value is -1.62. The Bertz CT molecular complexity index is 374. The minimum absolute atomic E-state index is 0.188. The molecule has 1 saturated heterocycles. The van der Waals surface area contributed by atoms with Gasteiger partial charge in [-0.05, 0) is 12.5 Å². The van der Waals surface area contributed by atoms with Crippen molar-refractivity contribution in [2.24, 2.45) is 5.92 Å². The van der Waals surface area contributed by atoms with Crippen LogP contribution in [0.4, 0.5) is 0 Å². The Balaban J connectivity index is 1.93. The van der Waals surface area contributed by atoms with E-state index in [1.54, 1.807) is 0 Å². The quantitative estimate of drug-likeness (QED) is 0.830. The van der Waals surface area contributed by atoms with Gasteiger partial charge in [0.25, 0.3) is 0 Å². The normalized spacial score (nSPS) is 19.6. The standard InChI is InChI=1S/C11H13NO4/c13-11(14)9-1-3-12-10(5-9)16-7-8-2-4-15-6-8/h1,3,5,8H,2,4,6-7H2,(H,13,14). The topological polar surface area (TPSA) is 68.7 Å². The third-order valence-corrected chi connectivity index (χ3v) is 2.47.